The summed E-state index contributed by atoms with van der Waals surface area (Å²) < 4.78 is 20.6. The molecule has 1 aliphatic heterocycles. The van der Waals surface area contributed by atoms with Crippen molar-refractivity contribution in [1.29, 1.82) is 0 Å². The zero-order valence-corrected chi connectivity index (χ0v) is 12.3. The van der Waals surface area contributed by atoms with Crippen LogP contribution in [0.5, 0.6) is 0 Å². The maximum atomic E-state index is 11.7. The number of ether oxygens (including phenoxy) is 4. The van der Waals surface area contributed by atoms with Crippen LogP contribution in [0.25, 0.3) is 0 Å². The van der Waals surface area contributed by atoms with Crippen LogP contribution in [-0.4, -0.2) is 50.6 Å². The molecule has 0 N–H and O–H groups in total. The second kappa shape index (κ2) is 9.72. The second-order valence-electron chi connectivity index (χ2n) is 4.71. The van der Waals surface area contributed by atoms with Gasteiger partial charge in [-0.15, -0.1) is 0 Å². The minimum Gasteiger partial charge on any atom is -0.445 e. The fourth-order valence-electron chi connectivity index (χ4n) is 1.61. The maximum Gasteiger partial charge on any atom is 0.350 e. The first-order valence-corrected chi connectivity index (χ1v) is 7.25. The summed E-state index contributed by atoms with van der Waals surface area (Å²) in [7, 11) is 0. The van der Waals surface area contributed by atoms with Gasteiger partial charge in [-0.1, -0.05) is 26.7 Å². The molecule has 0 aromatic heterocycles. The van der Waals surface area contributed by atoms with E-state index in [-0.39, 0.29) is 13.2 Å². The summed E-state index contributed by atoms with van der Waals surface area (Å²) in [6, 6.07) is 0. The van der Waals surface area contributed by atoms with Crippen molar-refractivity contribution in [3.05, 3.63) is 0 Å². The minimum atomic E-state index is -0.953. The van der Waals surface area contributed by atoms with E-state index in [1.165, 1.54) is 0 Å². The van der Waals surface area contributed by atoms with E-state index < -0.39 is 24.1 Å². The number of cyclic esters (lactones) is 2. The summed E-state index contributed by atoms with van der Waals surface area (Å²) >= 11 is 0. The van der Waals surface area contributed by atoms with Crippen LogP contribution in [0.3, 0.4) is 0 Å². The molecule has 6 heteroatoms. The summed E-state index contributed by atoms with van der Waals surface area (Å²) in [5.41, 5.74) is 0. The van der Waals surface area contributed by atoms with Crippen LogP contribution >= 0.6 is 0 Å². The van der Waals surface area contributed by atoms with Crippen molar-refractivity contribution in [2.45, 2.75) is 51.7 Å². The molecule has 0 radical (unpaired) electrons. The molecule has 116 valence electrons. The highest BCUT2D eigenvalue weighted by Crippen LogP contribution is 2.12. The molecule has 6 nitrogen and oxygen atoms in total. The summed E-state index contributed by atoms with van der Waals surface area (Å²) in [4.78, 5) is 23.3. The quantitative estimate of drug-likeness (QED) is 0.447. The SMILES string of the molecule is CCCCOCC1OC(=O)C(COCCCC)OC1=O. The normalized spacial score (nSPS) is 22.5. The van der Waals surface area contributed by atoms with Crippen LogP contribution < -0.4 is 0 Å². The first-order chi connectivity index (χ1) is 9.69. The van der Waals surface area contributed by atoms with Crippen molar-refractivity contribution >= 4 is 11.9 Å². The van der Waals surface area contributed by atoms with E-state index in [0.29, 0.717) is 13.2 Å². The van der Waals surface area contributed by atoms with Gasteiger partial charge in [-0.25, -0.2) is 9.59 Å². The van der Waals surface area contributed by atoms with Gasteiger partial charge in [0.05, 0.1) is 13.2 Å². The molecule has 2 atom stereocenters. The highest BCUT2D eigenvalue weighted by atomic mass is 16.7. The van der Waals surface area contributed by atoms with Gasteiger partial charge < -0.3 is 18.9 Å². The Hall–Kier alpha value is -1.14. The van der Waals surface area contributed by atoms with Crippen LogP contribution in [0.1, 0.15) is 39.5 Å². The van der Waals surface area contributed by atoms with E-state index in [1.807, 2.05) is 13.8 Å². The zero-order valence-electron chi connectivity index (χ0n) is 12.3. The Kier molecular flexibility index (Phi) is 8.22. The molecular formula is C14H24O6. The number of hydrogen-bond acceptors (Lipinski definition) is 6. The van der Waals surface area contributed by atoms with Crippen LogP contribution in [0.2, 0.25) is 0 Å². The van der Waals surface area contributed by atoms with E-state index in [1.54, 1.807) is 0 Å². The number of carbonyl (C=O) groups is 2. The van der Waals surface area contributed by atoms with E-state index in [2.05, 4.69) is 0 Å². The van der Waals surface area contributed by atoms with E-state index in [0.717, 1.165) is 25.7 Å². The van der Waals surface area contributed by atoms with Crippen molar-refractivity contribution in [2.75, 3.05) is 26.4 Å². The van der Waals surface area contributed by atoms with Gasteiger partial charge in [0.25, 0.3) is 0 Å². The highest BCUT2D eigenvalue weighted by molar-refractivity contribution is 5.87. The molecule has 20 heavy (non-hydrogen) atoms. The van der Waals surface area contributed by atoms with Crippen LogP contribution in [0, 0.1) is 0 Å². The van der Waals surface area contributed by atoms with Crippen LogP contribution in [0.4, 0.5) is 0 Å². The van der Waals surface area contributed by atoms with Crippen molar-refractivity contribution in [2.24, 2.45) is 0 Å². The van der Waals surface area contributed by atoms with Crippen LogP contribution in [-0.2, 0) is 28.5 Å². The molecule has 0 spiro atoms. The van der Waals surface area contributed by atoms with Gasteiger partial charge in [0.2, 0.25) is 12.2 Å². The molecular weight excluding hydrogens is 264 g/mol. The summed E-state index contributed by atoms with van der Waals surface area (Å²) in [5.74, 6) is -1.13. The van der Waals surface area contributed by atoms with Gasteiger partial charge in [-0.05, 0) is 12.8 Å². The first-order valence-electron chi connectivity index (χ1n) is 7.25. The molecule has 1 fully saturated rings. The van der Waals surface area contributed by atoms with E-state index in [4.69, 9.17) is 18.9 Å². The fraction of sp³-hybridized carbons (Fsp3) is 0.857. The predicted molar refractivity (Wildman–Crippen MR) is 71.2 cm³/mol. The third-order valence-corrected chi connectivity index (χ3v) is 2.87. The van der Waals surface area contributed by atoms with Crippen LogP contribution in [0.15, 0.2) is 0 Å². The molecule has 0 amide bonds. The van der Waals surface area contributed by atoms with Gasteiger partial charge in [-0.2, -0.15) is 0 Å². The molecule has 0 aliphatic carbocycles. The molecule has 0 saturated carbocycles. The molecule has 1 heterocycles. The lowest BCUT2D eigenvalue weighted by Gasteiger charge is -2.27. The highest BCUT2D eigenvalue weighted by Gasteiger charge is 2.38. The van der Waals surface area contributed by atoms with Crippen molar-refractivity contribution in [1.82, 2.24) is 0 Å². The Bertz CT molecular complexity index is 274. The third kappa shape index (κ3) is 5.88. The summed E-state index contributed by atoms with van der Waals surface area (Å²) in [6.07, 6.45) is 1.92. The lowest BCUT2D eigenvalue weighted by atomic mass is 10.3. The Morgan fingerprint density at radius 1 is 0.850 bits per heavy atom. The topological polar surface area (TPSA) is 71.1 Å². The Morgan fingerprint density at radius 2 is 1.25 bits per heavy atom. The average Bonchev–Trinajstić information content (AvgIpc) is 2.44. The smallest absolute Gasteiger partial charge is 0.350 e. The van der Waals surface area contributed by atoms with Gasteiger partial charge in [0.15, 0.2) is 0 Å². The summed E-state index contributed by atoms with van der Waals surface area (Å²) in [5, 5.41) is 0. The van der Waals surface area contributed by atoms with Gasteiger partial charge in [0, 0.05) is 13.2 Å². The maximum absolute atomic E-state index is 11.7. The molecule has 1 aliphatic rings. The van der Waals surface area contributed by atoms with E-state index >= 15 is 0 Å². The van der Waals surface area contributed by atoms with Gasteiger partial charge in [-0.3, -0.25) is 0 Å². The average molecular weight is 288 g/mol. The summed E-state index contributed by atoms with van der Waals surface area (Å²) in [6.45, 7) is 5.27. The monoisotopic (exact) mass is 288 g/mol. The second-order valence-corrected chi connectivity index (χ2v) is 4.71. The minimum absolute atomic E-state index is 0.0496. The van der Waals surface area contributed by atoms with Gasteiger partial charge in [0.1, 0.15) is 0 Å². The lowest BCUT2D eigenvalue weighted by molar-refractivity contribution is -0.202. The van der Waals surface area contributed by atoms with Gasteiger partial charge >= 0.3 is 11.9 Å². The standard InChI is InChI=1S/C14H24O6/c1-3-5-7-17-9-11-13(15)20-12(14(16)19-11)10-18-8-6-4-2/h11-12H,3-10H2,1-2H3. The zero-order chi connectivity index (χ0) is 14.8. The first kappa shape index (κ1) is 16.9. The molecule has 0 aromatic rings. The number of carbonyl (C=O) groups excluding carboxylic acids is 2. The lowest BCUT2D eigenvalue weighted by Crippen LogP contribution is -2.47. The Labute approximate surface area is 119 Å². The largest absolute Gasteiger partial charge is 0.445 e. The fourth-order valence-corrected chi connectivity index (χ4v) is 1.61. The van der Waals surface area contributed by atoms with Crippen molar-refractivity contribution < 1.29 is 28.5 Å². The third-order valence-electron chi connectivity index (χ3n) is 2.87. The molecule has 2 unspecified atom stereocenters. The molecule has 0 aromatic carbocycles. The number of rotatable bonds is 10. The Morgan fingerprint density at radius 3 is 1.60 bits per heavy atom. The molecule has 1 saturated heterocycles. The number of unbranched alkanes of at least 4 members (excludes halogenated alkanes) is 2. The molecule has 1 rings (SSSR count). The predicted octanol–water partition coefficient (Wildman–Crippen LogP) is 1.46. The number of esters is 2. The Balaban J connectivity index is 2.26. The van der Waals surface area contributed by atoms with Crippen molar-refractivity contribution in [3.8, 4) is 0 Å². The van der Waals surface area contributed by atoms with E-state index in [9.17, 15) is 9.59 Å². The molecule has 0 bridgehead atoms. The van der Waals surface area contributed by atoms with Crippen molar-refractivity contribution in [3.63, 3.8) is 0 Å². The number of hydrogen-bond donors (Lipinski definition) is 0.